The average Bonchev–Trinajstić information content (AvgIpc) is 2.75. The Hall–Kier alpha value is -2.22. The molecule has 1 aliphatic rings. The van der Waals surface area contributed by atoms with E-state index in [2.05, 4.69) is 0 Å². The van der Waals surface area contributed by atoms with Crippen LogP contribution in [0.2, 0.25) is 0 Å². The first-order chi connectivity index (χ1) is 14.2. The number of aryl methyl sites for hydroxylation is 2. The van der Waals surface area contributed by atoms with Gasteiger partial charge in [-0.3, -0.25) is 9.69 Å². The zero-order valence-electron chi connectivity index (χ0n) is 18.2. The number of amides is 1. The molecule has 1 amide bonds. The zero-order valence-corrected chi connectivity index (χ0v) is 19.0. The van der Waals surface area contributed by atoms with Gasteiger partial charge in [0.2, 0.25) is 15.9 Å². The largest absolute Gasteiger partial charge is 0.338 e. The molecule has 1 saturated heterocycles. The monoisotopic (exact) mass is 429 g/mol. The Kier molecular flexibility index (Phi) is 6.95. The van der Waals surface area contributed by atoms with Crippen LogP contribution >= 0.6 is 0 Å². The fraction of sp³-hybridized carbons (Fsp3) is 0.435. The Morgan fingerprint density at radius 3 is 2.23 bits per heavy atom. The first-order valence-corrected chi connectivity index (χ1v) is 11.7. The quantitative estimate of drug-likeness (QED) is 0.709. The van der Waals surface area contributed by atoms with Crippen LogP contribution in [0.4, 0.5) is 0 Å². The lowest BCUT2D eigenvalue weighted by Gasteiger charge is -2.35. The Morgan fingerprint density at radius 2 is 1.63 bits per heavy atom. The highest BCUT2D eigenvalue weighted by atomic mass is 32.2. The van der Waals surface area contributed by atoms with Crippen LogP contribution in [-0.4, -0.2) is 68.2 Å². The van der Waals surface area contributed by atoms with Crippen LogP contribution in [-0.2, 0) is 14.8 Å². The number of nitrogens with zero attached hydrogens (tertiary/aromatic N) is 3. The van der Waals surface area contributed by atoms with Gasteiger partial charge in [0.15, 0.2) is 0 Å². The number of benzene rings is 2. The summed E-state index contributed by atoms with van der Waals surface area (Å²) in [5.74, 6) is 0.0387. The van der Waals surface area contributed by atoms with Gasteiger partial charge in [-0.25, -0.2) is 8.42 Å². The summed E-state index contributed by atoms with van der Waals surface area (Å²) in [7, 11) is -1.69. The molecule has 0 saturated carbocycles. The molecular formula is C23H31N3O3S. The van der Waals surface area contributed by atoms with Crippen molar-refractivity contribution in [3.63, 3.8) is 0 Å². The van der Waals surface area contributed by atoms with E-state index in [1.165, 1.54) is 4.31 Å². The van der Waals surface area contributed by atoms with Crippen LogP contribution in [0.3, 0.4) is 0 Å². The van der Waals surface area contributed by atoms with Crippen LogP contribution in [0.25, 0.3) is 0 Å². The fourth-order valence-corrected chi connectivity index (χ4v) is 5.13. The molecule has 2 aromatic carbocycles. The number of hydrogen-bond donors (Lipinski definition) is 0. The standard InChI is InChI=1S/C23H31N3O3S/c1-18-10-11-22(16-19(18)2)30(28,29)26-14-12-25(13-15-26)17-23(27)24(4)20(3)21-8-6-5-7-9-21/h5-11,16,20H,12-15,17H2,1-4H3/t20-/m0/s1. The summed E-state index contributed by atoms with van der Waals surface area (Å²) in [4.78, 5) is 16.9. The van der Waals surface area contributed by atoms with Gasteiger partial charge >= 0.3 is 0 Å². The Balaban J connectivity index is 1.57. The van der Waals surface area contributed by atoms with E-state index < -0.39 is 10.0 Å². The van der Waals surface area contributed by atoms with Crippen molar-refractivity contribution in [3.8, 4) is 0 Å². The van der Waals surface area contributed by atoms with Crippen LogP contribution in [0, 0.1) is 13.8 Å². The summed E-state index contributed by atoms with van der Waals surface area (Å²) in [6, 6.07) is 15.2. The summed E-state index contributed by atoms with van der Waals surface area (Å²) in [5.41, 5.74) is 3.14. The molecule has 0 aromatic heterocycles. The van der Waals surface area contributed by atoms with E-state index in [4.69, 9.17) is 0 Å². The molecule has 7 heteroatoms. The molecule has 0 N–H and O–H groups in total. The van der Waals surface area contributed by atoms with Gasteiger partial charge in [-0.2, -0.15) is 4.31 Å². The van der Waals surface area contributed by atoms with Crippen LogP contribution in [0.5, 0.6) is 0 Å². The molecule has 0 aliphatic carbocycles. The van der Waals surface area contributed by atoms with E-state index in [9.17, 15) is 13.2 Å². The lowest BCUT2D eigenvalue weighted by Crippen LogP contribution is -2.51. The molecule has 0 bridgehead atoms. The van der Waals surface area contributed by atoms with Gasteiger partial charge in [-0.05, 0) is 49.6 Å². The van der Waals surface area contributed by atoms with Crippen LogP contribution < -0.4 is 0 Å². The van der Waals surface area contributed by atoms with Gasteiger partial charge in [-0.1, -0.05) is 36.4 Å². The number of hydrogen-bond acceptors (Lipinski definition) is 4. The van der Waals surface area contributed by atoms with Crippen molar-refractivity contribution >= 4 is 15.9 Å². The minimum atomic E-state index is -3.51. The first-order valence-electron chi connectivity index (χ1n) is 10.3. The lowest BCUT2D eigenvalue weighted by atomic mass is 10.1. The number of carbonyl (C=O) groups is 1. The first kappa shape index (κ1) is 22.5. The number of likely N-dealkylation sites (N-methyl/N-ethyl adjacent to an activating group) is 1. The summed E-state index contributed by atoms with van der Waals surface area (Å²) in [6.45, 7) is 8.07. The SMILES string of the molecule is Cc1ccc(S(=O)(=O)N2CCN(CC(=O)N(C)[C@@H](C)c3ccccc3)CC2)cc1C. The second-order valence-electron chi connectivity index (χ2n) is 8.02. The fourth-order valence-electron chi connectivity index (χ4n) is 3.63. The maximum Gasteiger partial charge on any atom is 0.243 e. The maximum atomic E-state index is 13.0. The Morgan fingerprint density at radius 1 is 1.00 bits per heavy atom. The topological polar surface area (TPSA) is 60.9 Å². The lowest BCUT2D eigenvalue weighted by molar-refractivity contribution is -0.133. The van der Waals surface area contributed by atoms with E-state index in [0.717, 1.165) is 16.7 Å². The Bertz CT molecular complexity index is 984. The summed E-state index contributed by atoms with van der Waals surface area (Å²) >= 11 is 0. The molecule has 6 nitrogen and oxygen atoms in total. The second-order valence-corrected chi connectivity index (χ2v) is 9.96. The molecular weight excluding hydrogens is 398 g/mol. The van der Waals surface area contributed by atoms with Crippen molar-refractivity contribution in [2.24, 2.45) is 0 Å². The molecule has 0 unspecified atom stereocenters. The van der Waals surface area contributed by atoms with Gasteiger partial charge < -0.3 is 4.90 Å². The number of sulfonamides is 1. The smallest absolute Gasteiger partial charge is 0.243 e. The zero-order chi connectivity index (χ0) is 21.9. The van der Waals surface area contributed by atoms with Crippen molar-refractivity contribution in [1.29, 1.82) is 0 Å². The third kappa shape index (κ3) is 4.91. The van der Waals surface area contributed by atoms with Gasteiger partial charge in [-0.15, -0.1) is 0 Å². The molecule has 0 radical (unpaired) electrons. The molecule has 0 spiro atoms. The predicted molar refractivity (Wildman–Crippen MR) is 119 cm³/mol. The number of carbonyl (C=O) groups excluding carboxylic acids is 1. The number of piperazine rings is 1. The minimum absolute atomic E-state index is 0.00913. The average molecular weight is 430 g/mol. The third-order valence-electron chi connectivity index (χ3n) is 6.06. The van der Waals surface area contributed by atoms with Crippen molar-refractivity contribution in [2.75, 3.05) is 39.8 Å². The van der Waals surface area contributed by atoms with E-state index in [1.807, 2.05) is 69.1 Å². The second kappa shape index (κ2) is 9.29. The van der Waals surface area contributed by atoms with E-state index >= 15 is 0 Å². The summed E-state index contributed by atoms with van der Waals surface area (Å²) in [6.07, 6.45) is 0. The Labute approximate surface area is 180 Å². The molecule has 1 heterocycles. The van der Waals surface area contributed by atoms with Gasteiger partial charge in [0.1, 0.15) is 0 Å². The highest BCUT2D eigenvalue weighted by Gasteiger charge is 2.30. The summed E-state index contributed by atoms with van der Waals surface area (Å²) in [5, 5.41) is 0. The van der Waals surface area contributed by atoms with Crippen molar-refractivity contribution in [2.45, 2.75) is 31.7 Å². The molecule has 30 heavy (non-hydrogen) atoms. The number of rotatable bonds is 6. The van der Waals surface area contributed by atoms with Crippen molar-refractivity contribution in [3.05, 3.63) is 65.2 Å². The molecule has 1 aliphatic heterocycles. The molecule has 1 fully saturated rings. The highest BCUT2D eigenvalue weighted by Crippen LogP contribution is 2.21. The van der Waals surface area contributed by atoms with E-state index in [0.29, 0.717) is 37.6 Å². The minimum Gasteiger partial charge on any atom is -0.338 e. The molecule has 1 atom stereocenters. The van der Waals surface area contributed by atoms with E-state index in [-0.39, 0.29) is 11.9 Å². The predicted octanol–water partition coefficient (Wildman–Crippen LogP) is 2.83. The van der Waals surface area contributed by atoms with Gasteiger partial charge in [0.25, 0.3) is 0 Å². The van der Waals surface area contributed by atoms with Gasteiger partial charge in [0, 0.05) is 33.2 Å². The van der Waals surface area contributed by atoms with Gasteiger partial charge in [0.05, 0.1) is 17.5 Å². The summed E-state index contributed by atoms with van der Waals surface area (Å²) < 4.78 is 27.5. The maximum absolute atomic E-state index is 13.0. The normalized spacial score (nSPS) is 16.9. The van der Waals surface area contributed by atoms with E-state index in [1.54, 1.807) is 17.0 Å². The van der Waals surface area contributed by atoms with Crippen LogP contribution in [0.15, 0.2) is 53.4 Å². The highest BCUT2D eigenvalue weighted by molar-refractivity contribution is 7.89. The molecule has 162 valence electrons. The molecule has 2 aromatic rings. The molecule has 3 rings (SSSR count). The third-order valence-corrected chi connectivity index (χ3v) is 7.96. The van der Waals surface area contributed by atoms with Crippen molar-refractivity contribution in [1.82, 2.24) is 14.1 Å². The van der Waals surface area contributed by atoms with Crippen molar-refractivity contribution < 1.29 is 13.2 Å². The van der Waals surface area contributed by atoms with Crippen LogP contribution in [0.1, 0.15) is 29.7 Å².